The molecule has 0 atom stereocenters. The van der Waals surface area contributed by atoms with Gasteiger partial charge in [-0.1, -0.05) is 11.6 Å². The molecule has 0 bridgehead atoms. The normalized spacial score (nSPS) is 11.0. The van der Waals surface area contributed by atoms with Crippen LogP contribution in [0.15, 0.2) is 18.2 Å². The molecule has 5 nitrogen and oxygen atoms in total. The van der Waals surface area contributed by atoms with Crippen molar-refractivity contribution in [3.63, 3.8) is 0 Å². The number of methoxy groups -OCH3 is 1. The number of aromatic amines is 1. The van der Waals surface area contributed by atoms with Gasteiger partial charge in [0.25, 0.3) is 0 Å². The third-order valence-electron chi connectivity index (χ3n) is 4.16. The van der Waals surface area contributed by atoms with Crippen molar-refractivity contribution in [1.82, 2.24) is 9.88 Å². The van der Waals surface area contributed by atoms with Crippen LogP contribution >= 0.6 is 11.6 Å². The number of H-pyrrole nitrogens is 1. The number of carbonyl (C=O) groups is 2. The monoisotopic (exact) mass is 362 g/mol. The Morgan fingerprint density at radius 3 is 2.52 bits per heavy atom. The van der Waals surface area contributed by atoms with Gasteiger partial charge < -0.3 is 9.72 Å². The van der Waals surface area contributed by atoms with Gasteiger partial charge in [0.15, 0.2) is 11.6 Å². The number of ether oxygens (including phenoxy) is 1. The summed E-state index contributed by atoms with van der Waals surface area (Å²) in [4.78, 5) is 29.3. The number of aryl methyl sites for hydroxylation is 1. The maximum Gasteiger partial charge on any atom is 0.193 e. The molecule has 0 unspecified atom stereocenters. The maximum atomic E-state index is 12.6. The predicted octanol–water partition coefficient (Wildman–Crippen LogP) is 3.81. The van der Waals surface area contributed by atoms with Gasteiger partial charge in [0.05, 0.1) is 19.3 Å². The van der Waals surface area contributed by atoms with Crippen LogP contribution in [0.1, 0.15) is 44.6 Å². The van der Waals surface area contributed by atoms with Crippen molar-refractivity contribution < 1.29 is 14.3 Å². The molecule has 0 spiro atoms. The van der Waals surface area contributed by atoms with Gasteiger partial charge >= 0.3 is 0 Å². The molecule has 1 aromatic heterocycles. The molecule has 1 N–H and O–H groups in total. The van der Waals surface area contributed by atoms with Crippen LogP contribution in [-0.2, 0) is 6.54 Å². The summed E-state index contributed by atoms with van der Waals surface area (Å²) in [5.74, 6) is 0.633. The van der Waals surface area contributed by atoms with Crippen LogP contribution < -0.4 is 4.74 Å². The Labute approximate surface area is 152 Å². The minimum Gasteiger partial charge on any atom is -0.496 e. The molecule has 0 aliphatic rings. The van der Waals surface area contributed by atoms with Gasteiger partial charge in [0.2, 0.25) is 0 Å². The zero-order chi connectivity index (χ0) is 18.7. The van der Waals surface area contributed by atoms with Crippen molar-refractivity contribution >= 4 is 23.2 Å². The van der Waals surface area contributed by atoms with E-state index in [-0.39, 0.29) is 18.1 Å². The fraction of sp³-hybridized carbons (Fsp3) is 0.368. The maximum absolute atomic E-state index is 12.6. The second-order valence-corrected chi connectivity index (χ2v) is 6.67. The predicted molar refractivity (Wildman–Crippen MR) is 98.9 cm³/mol. The van der Waals surface area contributed by atoms with Gasteiger partial charge in [-0.05, 0) is 51.6 Å². The molecule has 0 saturated heterocycles. The number of ketones is 2. The number of nitrogens with one attached hydrogen (secondary N) is 1. The molecular formula is C19H23ClN2O3. The van der Waals surface area contributed by atoms with E-state index in [0.29, 0.717) is 28.4 Å². The molecule has 2 rings (SSSR count). The standard InChI is InChI=1S/C19H23ClN2O3/c1-11-18(13(3)23)12(2)21-19(11)16(24)10-22(4)9-14-8-15(20)6-7-17(14)25-5/h6-8,21H,9-10H2,1-5H3. The number of Topliss-reactive ketones (excluding diaryl/α,β-unsaturated/α-hetero) is 2. The first kappa shape index (κ1) is 19.2. The lowest BCUT2D eigenvalue weighted by Gasteiger charge is -2.18. The Hall–Kier alpha value is -2.11. The number of likely N-dealkylation sites (N-methyl/N-ethyl adjacent to an activating group) is 1. The lowest BCUT2D eigenvalue weighted by molar-refractivity contribution is 0.0937. The molecule has 0 saturated carbocycles. The summed E-state index contributed by atoms with van der Waals surface area (Å²) in [6.07, 6.45) is 0. The molecule has 25 heavy (non-hydrogen) atoms. The average Bonchev–Trinajstić information content (AvgIpc) is 2.82. The summed E-state index contributed by atoms with van der Waals surface area (Å²) in [5.41, 5.74) is 3.44. The van der Waals surface area contributed by atoms with Crippen molar-refractivity contribution in [2.24, 2.45) is 0 Å². The first-order chi connectivity index (χ1) is 11.7. The fourth-order valence-electron chi connectivity index (χ4n) is 3.10. The molecule has 0 aliphatic heterocycles. The van der Waals surface area contributed by atoms with E-state index in [9.17, 15) is 9.59 Å². The van der Waals surface area contributed by atoms with E-state index in [1.165, 1.54) is 6.92 Å². The second kappa shape index (κ2) is 7.85. The van der Waals surface area contributed by atoms with Crippen molar-refractivity contribution in [2.75, 3.05) is 20.7 Å². The van der Waals surface area contributed by atoms with Crippen LogP contribution in [0.25, 0.3) is 0 Å². The van der Waals surface area contributed by atoms with Gasteiger partial charge in [-0.2, -0.15) is 0 Å². The number of hydrogen-bond acceptors (Lipinski definition) is 4. The molecule has 0 radical (unpaired) electrons. The quantitative estimate of drug-likeness (QED) is 0.761. The molecule has 0 fully saturated rings. The zero-order valence-electron chi connectivity index (χ0n) is 15.2. The van der Waals surface area contributed by atoms with Crippen molar-refractivity contribution in [3.8, 4) is 5.75 Å². The Morgan fingerprint density at radius 2 is 1.96 bits per heavy atom. The van der Waals surface area contributed by atoms with E-state index in [2.05, 4.69) is 4.98 Å². The van der Waals surface area contributed by atoms with E-state index < -0.39 is 0 Å². The molecular weight excluding hydrogens is 340 g/mol. The van der Waals surface area contributed by atoms with Crippen LogP contribution in [0, 0.1) is 13.8 Å². The molecule has 134 valence electrons. The van der Waals surface area contributed by atoms with E-state index in [0.717, 1.165) is 17.0 Å². The number of aromatic nitrogens is 1. The Balaban J connectivity index is 2.15. The molecule has 0 aliphatic carbocycles. The van der Waals surface area contributed by atoms with Gasteiger partial charge in [-0.25, -0.2) is 0 Å². The van der Waals surface area contributed by atoms with Crippen LogP contribution in [0.2, 0.25) is 5.02 Å². The number of rotatable bonds is 7. The highest BCUT2D eigenvalue weighted by atomic mass is 35.5. The fourth-order valence-corrected chi connectivity index (χ4v) is 3.29. The van der Waals surface area contributed by atoms with Gasteiger partial charge in [-0.15, -0.1) is 0 Å². The topological polar surface area (TPSA) is 62.4 Å². The highest BCUT2D eigenvalue weighted by Crippen LogP contribution is 2.24. The first-order valence-corrected chi connectivity index (χ1v) is 8.36. The van der Waals surface area contributed by atoms with E-state index in [1.807, 2.05) is 24.1 Å². The van der Waals surface area contributed by atoms with Crippen LogP contribution in [0.3, 0.4) is 0 Å². The largest absolute Gasteiger partial charge is 0.496 e. The van der Waals surface area contributed by atoms with Gasteiger partial charge in [-0.3, -0.25) is 14.5 Å². The Morgan fingerprint density at radius 1 is 1.28 bits per heavy atom. The second-order valence-electron chi connectivity index (χ2n) is 6.23. The third kappa shape index (κ3) is 4.30. The van der Waals surface area contributed by atoms with Crippen molar-refractivity contribution in [2.45, 2.75) is 27.3 Å². The number of benzene rings is 1. The first-order valence-electron chi connectivity index (χ1n) is 7.98. The minimum atomic E-state index is -0.0587. The minimum absolute atomic E-state index is 0.0395. The lowest BCUT2D eigenvalue weighted by Crippen LogP contribution is -2.26. The molecule has 1 heterocycles. The van der Waals surface area contributed by atoms with E-state index in [4.69, 9.17) is 16.3 Å². The smallest absolute Gasteiger partial charge is 0.193 e. The SMILES string of the molecule is COc1ccc(Cl)cc1CN(C)CC(=O)c1[nH]c(C)c(C(C)=O)c1C. The number of hydrogen-bond donors (Lipinski definition) is 1. The van der Waals surface area contributed by atoms with E-state index in [1.54, 1.807) is 27.0 Å². The van der Waals surface area contributed by atoms with Crippen molar-refractivity contribution in [3.05, 3.63) is 51.3 Å². The van der Waals surface area contributed by atoms with Crippen LogP contribution in [0.5, 0.6) is 5.75 Å². The molecule has 1 aromatic carbocycles. The van der Waals surface area contributed by atoms with Crippen LogP contribution in [-0.4, -0.2) is 42.2 Å². The van der Waals surface area contributed by atoms with Crippen LogP contribution in [0.4, 0.5) is 0 Å². The molecule has 0 amide bonds. The Kier molecular flexibility index (Phi) is 6.03. The summed E-state index contributed by atoms with van der Waals surface area (Å²) in [5, 5.41) is 0.623. The third-order valence-corrected chi connectivity index (χ3v) is 4.40. The summed E-state index contributed by atoms with van der Waals surface area (Å²) in [6.45, 7) is 5.85. The highest BCUT2D eigenvalue weighted by molar-refractivity contribution is 6.30. The molecule has 6 heteroatoms. The zero-order valence-corrected chi connectivity index (χ0v) is 16.0. The number of carbonyl (C=O) groups excluding carboxylic acids is 2. The highest BCUT2D eigenvalue weighted by Gasteiger charge is 2.21. The average molecular weight is 363 g/mol. The summed E-state index contributed by atoms with van der Waals surface area (Å²) in [6, 6.07) is 5.41. The van der Waals surface area contributed by atoms with Gasteiger partial charge in [0, 0.05) is 28.4 Å². The summed E-state index contributed by atoms with van der Waals surface area (Å²) < 4.78 is 5.34. The summed E-state index contributed by atoms with van der Waals surface area (Å²) in [7, 11) is 3.46. The number of nitrogens with zero attached hydrogens (tertiary/aromatic N) is 1. The lowest BCUT2D eigenvalue weighted by atomic mass is 10.1. The summed E-state index contributed by atoms with van der Waals surface area (Å²) >= 11 is 6.05. The van der Waals surface area contributed by atoms with E-state index >= 15 is 0 Å². The van der Waals surface area contributed by atoms with Gasteiger partial charge in [0.1, 0.15) is 5.75 Å². The number of halogens is 1. The van der Waals surface area contributed by atoms with Crippen molar-refractivity contribution in [1.29, 1.82) is 0 Å². The Bertz CT molecular complexity index is 811. The molecule has 2 aromatic rings.